The molecule has 0 aromatic heterocycles. The molecule has 6 aliphatic rings. The van der Waals surface area contributed by atoms with Gasteiger partial charge >= 0.3 is 0 Å². The van der Waals surface area contributed by atoms with Gasteiger partial charge in [0.05, 0.1) is 5.92 Å². The molecule has 0 spiro atoms. The van der Waals surface area contributed by atoms with Crippen molar-refractivity contribution in [1.29, 1.82) is 0 Å². The predicted molar refractivity (Wildman–Crippen MR) is 55.7 cm³/mol. The first-order chi connectivity index (χ1) is 6.67. The Morgan fingerprint density at radius 2 is 2.14 bits per heavy atom. The Bertz CT molecular complexity index is 395. The molecule has 9 atom stereocenters. The number of carbonyl (C=O) groups excluding carboxylic acids is 1. The number of carbonyl (C=O) groups is 1. The maximum atomic E-state index is 14.9. The van der Waals surface area contributed by atoms with Crippen LogP contribution in [0.4, 0.5) is 4.39 Å². The van der Waals surface area contributed by atoms with Crippen molar-refractivity contribution < 1.29 is 9.18 Å². The Labute approximate surface area is 94.9 Å². The SMILES string of the molecule is O=C1[C@@H]2[C@@H]3C[C@@H]4[C@H]5[C@H]3[C@H]1[C@@](F)([C@@H]42)[C@@H]5I. The lowest BCUT2D eigenvalue weighted by atomic mass is 9.70. The van der Waals surface area contributed by atoms with Gasteiger partial charge in [-0.15, -0.1) is 0 Å². The average molecular weight is 304 g/mol. The van der Waals surface area contributed by atoms with Gasteiger partial charge in [0.1, 0.15) is 11.5 Å². The molecule has 0 aromatic carbocycles. The van der Waals surface area contributed by atoms with Gasteiger partial charge in [0.2, 0.25) is 0 Å². The number of alkyl halides is 2. The maximum absolute atomic E-state index is 14.9. The smallest absolute Gasteiger partial charge is 0.143 e. The van der Waals surface area contributed by atoms with Crippen molar-refractivity contribution in [1.82, 2.24) is 0 Å². The van der Waals surface area contributed by atoms with Crippen molar-refractivity contribution in [3.05, 3.63) is 0 Å². The Kier molecular flexibility index (Phi) is 0.931. The molecule has 6 fully saturated rings. The summed E-state index contributed by atoms with van der Waals surface area (Å²) in [4.78, 5) is 12.0. The van der Waals surface area contributed by atoms with E-state index in [-0.39, 0.29) is 21.7 Å². The standard InChI is InChI=1S/C11H10FIO/c12-11-7-3-1-2-4(5(3)10(11)13)8(11)9(14)6(2)7/h2-8,10H,1H2/t2-,3-,4+,5+,6-,7+,8-,10-,11+/m1/s1. The van der Waals surface area contributed by atoms with E-state index in [4.69, 9.17) is 0 Å². The molecule has 0 amide bonds. The Balaban J connectivity index is 1.92. The van der Waals surface area contributed by atoms with E-state index in [9.17, 15) is 9.18 Å². The molecule has 6 rings (SSSR count). The van der Waals surface area contributed by atoms with Crippen LogP contribution in [-0.2, 0) is 4.79 Å². The van der Waals surface area contributed by atoms with Gasteiger partial charge in [-0.2, -0.15) is 0 Å². The van der Waals surface area contributed by atoms with Crippen LogP contribution in [0.15, 0.2) is 0 Å². The van der Waals surface area contributed by atoms with Gasteiger partial charge in [-0.05, 0) is 30.1 Å². The van der Waals surface area contributed by atoms with E-state index < -0.39 is 5.67 Å². The maximum Gasteiger partial charge on any atom is 0.143 e. The molecule has 0 aliphatic heterocycles. The lowest BCUT2D eigenvalue weighted by Gasteiger charge is -2.35. The number of ketones is 1. The van der Waals surface area contributed by atoms with Crippen LogP contribution < -0.4 is 0 Å². The first kappa shape index (κ1) is 7.58. The van der Waals surface area contributed by atoms with Gasteiger partial charge in [-0.1, -0.05) is 22.6 Å². The molecule has 74 valence electrons. The van der Waals surface area contributed by atoms with Crippen LogP contribution >= 0.6 is 22.6 Å². The molecule has 6 aliphatic carbocycles. The summed E-state index contributed by atoms with van der Waals surface area (Å²) in [5.41, 5.74) is -1.06. The molecule has 0 heterocycles. The predicted octanol–water partition coefficient (Wildman–Crippen LogP) is 1.84. The zero-order valence-electron chi connectivity index (χ0n) is 7.49. The molecule has 3 heteroatoms. The highest BCUT2D eigenvalue weighted by molar-refractivity contribution is 14.1. The fourth-order valence-corrected chi connectivity index (χ4v) is 7.96. The molecular weight excluding hydrogens is 294 g/mol. The van der Waals surface area contributed by atoms with Crippen LogP contribution in [0.25, 0.3) is 0 Å². The lowest BCUT2D eigenvalue weighted by Crippen LogP contribution is -2.42. The van der Waals surface area contributed by atoms with E-state index in [1.165, 1.54) is 6.42 Å². The molecule has 0 N–H and O–H groups in total. The second kappa shape index (κ2) is 1.72. The fourth-order valence-electron chi connectivity index (χ4n) is 6.14. The molecule has 6 saturated carbocycles. The van der Waals surface area contributed by atoms with E-state index >= 15 is 0 Å². The van der Waals surface area contributed by atoms with E-state index in [1.807, 2.05) is 0 Å². The van der Waals surface area contributed by atoms with E-state index in [0.29, 0.717) is 29.5 Å². The van der Waals surface area contributed by atoms with Crippen LogP contribution in [0.2, 0.25) is 0 Å². The van der Waals surface area contributed by atoms with Crippen molar-refractivity contribution >= 4 is 28.4 Å². The largest absolute Gasteiger partial charge is 0.299 e. The molecule has 0 radical (unpaired) electrons. The third-order valence-corrected chi connectivity index (χ3v) is 7.84. The summed E-state index contributed by atoms with van der Waals surface area (Å²) < 4.78 is 15.1. The number of rotatable bonds is 0. The number of halogens is 2. The van der Waals surface area contributed by atoms with Crippen LogP contribution in [0.3, 0.4) is 0 Å². The minimum Gasteiger partial charge on any atom is -0.299 e. The Morgan fingerprint density at radius 1 is 1.36 bits per heavy atom. The van der Waals surface area contributed by atoms with Crippen LogP contribution in [0, 0.1) is 41.4 Å². The van der Waals surface area contributed by atoms with Gasteiger partial charge in [-0.25, -0.2) is 4.39 Å². The first-order valence-corrected chi connectivity index (χ1v) is 6.78. The Morgan fingerprint density at radius 3 is 2.86 bits per heavy atom. The summed E-state index contributed by atoms with van der Waals surface area (Å²) in [6.45, 7) is 0. The topological polar surface area (TPSA) is 17.1 Å². The summed E-state index contributed by atoms with van der Waals surface area (Å²) in [5, 5.41) is 0. The normalized spacial score (nSPS) is 80.3. The zero-order chi connectivity index (χ0) is 9.40. The Hall–Kier alpha value is 0.330. The molecule has 0 unspecified atom stereocenters. The van der Waals surface area contributed by atoms with Crippen LogP contribution in [-0.4, -0.2) is 15.4 Å². The average Bonchev–Trinajstić information content (AvgIpc) is 2.81. The van der Waals surface area contributed by atoms with E-state index in [2.05, 4.69) is 22.6 Å². The van der Waals surface area contributed by atoms with Gasteiger partial charge in [0, 0.05) is 15.8 Å². The van der Waals surface area contributed by atoms with Crippen molar-refractivity contribution in [2.75, 3.05) is 0 Å². The molecule has 0 aromatic rings. The highest BCUT2D eigenvalue weighted by Crippen LogP contribution is 2.84. The monoisotopic (exact) mass is 304 g/mol. The molecular formula is C11H10FIO. The van der Waals surface area contributed by atoms with Gasteiger partial charge in [0.25, 0.3) is 0 Å². The third-order valence-electron chi connectivity index (χ3n) is 6.06. The fraction of sp³-hybridized carbons (Fsp3) is 0.909. The van der Waals surface area contributed by atoms with Crippen molar-refractivity contribution in [3.8, 4) is 0 Å². The van der Waals surface area contributed by atoms with Crippen LogP contribution in [0.1, 0.15) is 6.42 Å². The number of hydrogen-bond acceptors (Lipinski definition) is 1. The van der Waals surface area contributed by atoms with Crippen LogP contribution in [0.5, 0.6) is 0 Å². The summed E-state index contributed by atoms with van der Waals surface area (Å²) in [7, 11) is 0. The highest BCUT2D eigenvalue weighted by Gasteiger charge is 2.90. The number of Topliss-reactive ketones (excluding diaryl/α,β-unsaturated/α-hetero) is 1. The second-order valence-electron chi connectivity index (χ2n) is 5.88. The summed E-state index contributed by atoms with van der Waals surface area (Å²) >= 11 is 2.30. The van der Waals surface area contributed by atoms with Crippen molar-refractivity contribution in [2.45, 2.75) is 16.0 Å². The van der Waals surface area contributed by atoms with Gasteiger partial charge in [-0.3, -0.25) is 4.79 Å². The lowest BCUT2D eigenvalue weighted by molar-refractivity contribution is -0.122. The molecule has 14 heavy (non-hydrogen) atoms. The minimum atomic E-state index is -1.06. The zero-order valence-corrected chi connectivity index (χ0v) is 9.65. The molecule has 6 bridgehead atoms. The number of hydrogen-bond donors (Lipinski definition) is 0. The third kappa shape index (κ3) is 0.407. The van der Waals surface area contributed by atoms with Gasteiger partial charge in [0.15, 0.2) is 0 Å². The minimum absolute atomic E-state index is 0.155. The van der Waals surface area contributed by atoms with Gasteiger partial charge < -0.3 is 0 Å². The molecule has 0 saturated heterocycles. The summed E-state index contributed by atoms with van der Waals surface area (Å²) in [6, 6.07) is 0. The van der Waals surface area contributed by atoms with Crippen molar-refractivity contribution in [3.63, 3.8) is 0 Å². The van der Waals surface area contributed by atoms with Crippen molar-refractivity contribution in [2.24, 2.45) is 41.4 Å². The second-order valence-corrected chi connectivity index (χ2v) is 7.22. The highest BCUT2D eigenvalue weighted by atomic mass is 127. The first-order valence-electron chi connectivity index (χ1n) is 5.54. The summed E-state index contributed by atoms with van der Waals surface area (Å²) in [5.74, 6) is 2.71. The quantitative estimate of drug-likeness (QED) is 0.493. The van der Waals surface area contributed by atoms with E-state index in [1.54, 1.807) is 0 Å². The molecule has 1 nitrogen and oxygen atoms in total. The summed E-state index contributed by atoms with van der Waals surface area (Å²) in [6.07, 6.45) is 1.18. The van der Waals surface area contributed by atoms with E-state index in [0.717, 1.165) is 0 Å².